The second kappa shape index (κ2) is 6.03. The van der Waals surface area contributed by atoms with Gasteiger partial charge in [-0.2, -0.15) is 0 Å². The van der Waals surface area contributed by atoms with Crippen LogP contribution in [0, 0.1) is 6.61 Å². The number of aliphatic hydroxyl groups is 2. The van der Waals surface area contributed by atoms with E-state index in [4.69, 9.17) is 14.9 Å². The molecule has 1 atom stereocenters. The van der Waals surface area contributed by atoms with Crippen molar-refractivity contribution in [1.29, 1.82) is 0 Å². The van der Waals surface area contributed by atoms with Crippen LogP contribution in [0.2, 0.25) is 0 Å². The highest BCUT2D eigenvalue weighted by Crippen LogP contribution is 2.27. The summed E-state index contributed by atoms with van der Waals surface area (Å²) in [5, 5.41) is 17.7. The molecule has 0 aromatic heterocycles. The van der Waals surface area contributed by atoms with Crippen LogP contribution in [0.5, 0.6) is 5.75 Å². The maximum atomic E-state index is 9.11. The highest BCUT2D eigenvalue weighted by Gasteiger charge is 2.17. The molecule has 0 saturated carbocycles. The van der Waals surface area contributed by atoms with Gasteiger partial charge >= 0.3 is 0 Å². The minimum absolute atomic E-state index is 0.0625. The quantitative estimate of drug-likeness (QED) is 0.799. The molecule has 3 heteroatoms. The fraction of sp³-hybridized carbons (Fsp3) is 0.500. The summed E-state index contributed by atoms with van der Waals surface area (Å²) >= 11 is 0. The van der Waals surface area contributed by atoms with Crippen LogP contribution in [-0.4, -0.2) is 22.9 Å². The fourth-order valence-corrected chi connectivity index (χ4v) is 1.43. The molecule has 1 rings (SSSR count). The molecule has 17 heavy (non-hydrogen) atoms. The molecule has 0 spiro atoms. The van der Waals surface area contributed by atoms with E-state index in [0.717, 1.165) is 6.42 Å². The van der Waals surface area contributed by atoms with Crippen LogP contribution in [-0.2, 0) is 5.41 Å². The summed E-state index contributed by atoms with van der Waals surface area (Å²) in [6.45, 7) is 7.35. The number of benzene rings is 1. The molecule has 0 bridgehead atoms. The van der Waals surface area contributed by atoms with Crippen LogP contribution in [0.25, 0.3) is 0 Å². The maximum Gasteiger partial charge on any atom is 0.119 e. The van der Waals surface area contributed by atoms with Crippen molar-refractivity contribution < 1.29 is 14.9 Å². The Morgan fingerprint density at radius 3 is 2.35 bits per heavy atom. The molecule has 95 valence electrons. The first-order valence-electron chi connectivity index (χ1n) is 5.88. The predicted octanol–water partition coefficient (Wildman–Crippen LogP) is 2.65. The maximum absolute atomic E-state index is 9.11. The highest BCUT2D eigenvalue weighted by molar-refractivity contribution is 5.31. The van der Waals surface area contributed by atoms with E-state index in [1.165, 1.54) is 5.56 Å². The third-order valence-corrected chi connectivity index (χ3v) is 3.11. The molecule has 1 aromatic rings. The molecule has 0 aliphatic carbocycles. The molecule has 1 unspecified atom stereocenters. The Kier molecular flexibility index (Phi) is 4.97. The highest BCUT2D eigenvalue weighted by atomic mass is 16.5. The van der Waals surface area contributed by atoms with Gasteiger partial charge in [0, 0.05) is 0 Å². The average molecular weight is 237 g/mol. The van der Waals surface area contributed by atoms with E-state index < -0.39 is 6.10 Å². The fourth-order valence-electron chi connectivity index (χ4n) is 1.43. The Labute approximate surface area is 103 Å². The van der Waals surface area contributed by atoms with Crippen LogP contribution in [0.15, 0.2) is 24.3 Å². The zero-order valence-corrected chi connectivity index (χ0v) is 10.7. The van der Waals surface area contributed by atoms with Crippen molar-refractivity contribution in [2.24, 2.45) is 0 Å². The van der Waals surface area contributed by atoms with Crippen LogP contribution < -0.4 is 4.74 Å². The van der Waals surface area contributed by atoms with E-state index in [-0.39, 0.29) is 12.0 Å². The SMILES string of the molecule is CCC(C)(C)c1ccc(OCC(O)[CH]O)cc1. The molecule has 0 aliphatic rings. The van der Waals surface area contributed by atoms with E-state index >= 15 is 0 Å². The van der Waals surface area contributed by atoms with Gasteiger partial charge in [0.25, 0.3) is 0 Å². The van der Waals surface area contributed by atoms with E-state index in [2.05, 4.69) is 20.8 Å². The average Bonchev–Trinajstić information content (AvgIpc) is 2.36. The second-order valence-electron chi connectivity index (χ2n) is 4.79. The smallest absolute Gasteiger partial charge is 0.119 e. The zero-order valence-electron chi connectivity index (χ0n) is 10.7. The number of hydrogen-bond acceptors (Lipinski definition) is 3. The largest absolute Gasteiger partial charge is 0.491 e. The summed E-state index contributed by atoms with van der Waals surface area (Å²) in [7, 11) is 0. The van der Waals surface area contributed by atoms with Gasteiger partial charge in [0.1, 0.15) is 25.1 Å². The van der Waals surface area contributed by atoms with Crippen molar-refractivity contribution in [3.63, 3.8) is 0 Å². The van der Waals surface area contributed by atoms with Gasteiger partial charge in [-0.3, -0.25) is 0 Å². The van der Waals surface area contributed by atoms with Gasteiger partial charge in [-0.1, -0.05) is 32.9 Å². The topological polar surface area (TPSA) is 49.7 Å². The molecular weight excluding hydrogens is 216 g/mol. The first kappa shape index (κ1) is 14.0. The Bertz CT molecular complexity index is 330. The lowest BCUT2D eigenvalue weighted by Gasteiger charge is -2.23. The molecule has 0 heterocycles. The molecule has 1 radical (unpaired) electrons. The van der Waals surface area contributed by atoms with Gasteiger partial charge in [-0.15, -0.1) is 0 Å². The van der Waals surface area contributed by atoms with Crippen LogP contribution in [0.3, 0.4) is 0 Å². The summed E-state index contributed by atoms with van der Waals surface area (Å²) in [5.74, 6) is 0.696. The summed E-state index contributed by atoms with van der Waals surface area (Å²) in [6, 6.07) is 7.84. The third-order valence-electron chi connectivity index (χ3n) is 3.11. The van der Waals surface area contributed by atoms with Crippen LogP contribution in [0.4, 0.5) is 0 Å². The minimum Gasteiger partial charge on any atom is -0.491 e. The predicted molar refractivity (Wildman–Crippen MR) is 67.5 cm³/mol. The van der Waals surface area contributed by atoms with Crippen molar-refractivity contribution in [2.45, 2.75) is 38.7 Å². The second-order valence-corrected chi connectivity index (χ2v) is 4.79. The molecule has 0 amide bonds. The van der Waals surface area contributed by atoms with Crippen molar-refractivity contribution >= 4 is 0 Å². The zero-order chi connectivity index (χ0) is 12.9. The van der Waals surface area contributed by atoms with E-state index in [0.29, 0.717) is 12.4 Å². The lowest BCUT2D eigenvalue weighted by molar-refractivity contribution is 0.0914. The molecule has 2 N–H and O–H groups in total. The molecule has 0 aliphatic heterocycles. The summed E-state index contributed by atoms with van der Waals surface area (Å²) in [5.41, 5.74) is 1.43. The van der Waals surface area contributed by atoms with Crippen LogP contribution >= 0.6 is 0 Å². The molecule has 0 fully saturated rings. The van der Waals surface area contributed by atoms with Gasteiger partial charge in [0.05, 0.1) is 0 Å². The van der Waals surface area contributed by atoms with Gasteiger partial charge < -0.3 is 14.9 Å². The lowest BCUT2D eigenvalue weighted by atomic mass is 9.82. The monoisotopic (exact) mass is 237 g/mol. The van der Waals surface area contributed by atoms with Gasteiger partial charge in [-0.25, -0.2) is 0 Å². The van der Waals surface area contributed by atoms with Crippen molar-refractivity contribution in [2.75, 3.05) is 6.61 Å². The molecule has 3 nitrogen and oxygen atoms in total. The third kappa shape index (κ3) is 4.02. The molecular formula is C14H21O3. The molecule has 0 saturated heterocycles. The summed E-state index contributed by atoms with van der Waals surface area (Å²) < 4.78 is 5.32. The van der Waals surface area contributed by atoms with Crippen molar-refractivity contribution in [3.8, 4) is 5.75 Å². The molecule has 1 aromatic carbocycles. The standard InChI is InChI=1S/C14H21O3/c1-4-14(2,3)11-5-7-13(8-6-11)17-10-12(16)9-15/h5-9,12,15-16H,4,10H2,1-3H3. The van der Waals surface area contributed by atoms with E-state index in [1.54, 1.807) is 0 Å². The summed E-state index contributed by atoms with van der Waals surface area (Å²) in [4.78, 5) is 0. The Balaban J connectivity index is 2.62. The number of aliphatic hydroxyl groups excluding tert-OH is 2. The Morgan fingerprint density at radius 2 is 1.88 bits per heavy atom. The van der Waals surface area contributed by atoms with Gasteiger partial charge in [0.2, 0.25) is 0 Å². The van der Waals surface area contributed by atoms with E-state index in [1.807, 2.05) is 24.3 Å². The number of hydrogen-bond donors (Lipinski definition) is 2. The van der Waals surface area contributed by atoms with E-state index in [9.17, 15) is 0 Å². The first-order chi connectivity index (χ1) is 7.99. The normalized spacial score (nSPS) is 13.5. The minimum atomic E-state index is -0.943. The van der Waals surface area contributed by atoms with Crippen molar-refractivity contribution in [1.82, 2.24) is 0 Å². The Morgan fingerprint density at radius 1 is 1.29 bits per heavy atom. The van der Waals surface area contributed by atoms with Crippen molar-refractivity contribution in [3.05, 3.63) is 36.4 Å². The lowest BCUT2D eigenvalue weighted by Crippen LogP contribution is -2.18. The summed E-state index contributed by atoms with van der Waals surface area (Å²) in [6.07, 6.45) is 0.132. The first-order valence-corrected chi connectivity index (χ1v) is 5.88. The number of rotatable bonds is 6. The van der Waals surface area contributed by atoms with Gasteiger partial charge in [0.15, 0.2) is 0 Å². The van der Waals surface area contributed by atoms with Gasteiger partial charge in [-0.05, 0) is 29.5 Å². The van der Waals surface area contributed by atoms with Crippen LogP contribution in [0.1, 0.15) is 32.8 Å². The Hall–Kier alpha value is -1.06. The number of ether oxygens (including phenoxy) is 1.